The van der Waals surface area contributed by atoms with Crippen LogP contribution < -0.4 is 5.73 Å². The van der Waals surface area contributed by atoms with Gasteiger partial charge in [-0.25, -0.2) is 4.39 Å². The van der Waals surface area contributed by atoms with E-state index in [1.165, 1.54) is 41.7 Å². The summed E-state index contributed by atoms with van der Waals surface area (Å²) in [6, 6.07) is 5.35. The number of halogens is 1. The second-order valence-corrected chi connectivity index (χ2v) is 5.39. The first-order valence-corrected chi connectivity index (χ1v) is 7.19. The van der Waals surface area contributed by atoms with E-state index in [4.69, 9.17) is 5.73 Å². The molecule has 23 heavy (non-hydrogen) atoms. The molecule has 0 bridgehead atoms. The van der Waals surface area contributed by atoms with Crippen LogP contribution in [0.2, 0.25) is 0 Å². The maximum atomic E-state index is 13.4. The van der Waals surface area contributed by atoms with Crippen molar-refractivity contribution in [1.29, 1.82) is 0 Å². The smallest absolute Gasteiger partial charge is 0.255 e. The van der Waals surface area contributed by atoms with E-state index < -0.39 is 23.2 Å². The largest absolute Gasteiger partial charge is 0.367 e. The van der Waals surface area contributed by atoms with Crippen molar-refractivity contribution in [3.05, 3.63) is 59.9 Å². The number of primary amides is 1. The molecule has 1 aliphatic rings. The molecule has 0 aliphatic carbocycles. The van der Waals surface area contributed by atoms with Gasteiger partial charge in [0.2, 0.25) is 5.91 Å². The number of aromatic nitrogens is 2. The summed E-state index contributed by atoms with van der Waals surface area (Å²) in [6.45, 7) is 0.342. The Morgan fingerprint density at radius 3 is 2.78 bits per heavy atom. The molecule has 2 amide bonds. The van der Waals surface area contributed by atoms with E-state index in [2.05, 4.69) is 9.97 Å². The zero-order valence-electron chi connectivity index (χ0n) is 12.3. The minimum absolute atomic E-state index is 0.168. The van der Waals surface area contributed by atoms with Crippen LogP contribution in [0.5, 0.6) is 0 Å². The summed E-state index contributed by atoms with van der Waals surface area (Å²) in [7, 11) is 0. The molecule has 0 radical (unpaired) electrons. The summed E-state index contributed by atoms with van der Waals surface area (Å²) >= 11 is 0. The van der Waals surface area contributed by atoms with E-state index in [0.717, 1.165) is 6.07 Å². The number of carbonyl (C=O) groups is 2. The Kier molecular flexibility index (Phi) is 3.77. The molecule has 118 valence electrons. The summed E-state index contributed by atoms with van der Waals surface area (Å²) in [5, 5.41) is 0. The predicted molar refractivity (Wildman–Crippen MR) is 79.6 cm³/mol. The highest BCUT2D eigenvalue weighted by molar-refractivity contribution is 5.99. The average molecular weight is 314 g/mol. The van der Waals surface area contributed by atoms with E-state index in [0.29, 0.717) is 25.1 Å². The standard InChI is InChI=1S/C16H15FN4O2/c17-12-4-1-3-11(9-12)14(22)21-8-2-5-16(21,15(18)23)13-10-19-6-7-20-13/h1,3-4,6-7,9-10H,2,5,8H2,(H2,18,23)/t16-/m0/s1. The molecular formula is C16H15FN4O2. The van der Waals surface area contributed by atoms with Gasteiger partial charge in [0.1, 0.15) is 5.82 Å². The highest BCUT2D eigenvalue weighted by Crippen LogP contribution is 2.38. The number of likely N-dealkylation sites (tertiary alicyclic amines) is 1. The third-order valence-corrected chi connectivity index (χ3v) is 4.09. The maximum absolute atomic E-state index is 13.4. The predicted octanol–water partition coefficient (Wildman–Crippen LogP) is 1.23. The molecular weight excluding hydrogens is 299 g/mol. The quantitative estimate of drug-likeness (QED) is 0.923. The lowest BCUT2D eigenvalue weighted by Gasteiger charge is -2.35. The van der Waals surface area contributed by atoms with Crippen LogP contribution in [0.15, 0.2) is 42.9 Å². The van der Waals surface area contributed by atoms with Crippen molar-refractivity contribution in [2.24, 2.45) is 5.73 Å². The van der Waals surface area contributed by atoms with Crippen LogP contribution in [-0.2, 0) is 10.3 Å². The molecule has 2 heterocycles. The van der Waals surface area contributed by atoms with Gasteiger partial charge < -0.3 is 10.6 Å². The Morgan fingerprint density at radius 1 is 1.30 bits per heavy atom. The van der Waals surface area contributed by atoms with Gasteiger partial charge in [-0.2, -0.15) is 0 Å². The monoisotopic (exact) mass is 314 g/mol. The normalized spacial score (nSPS) is 20.5. The topological polar surface area (TPSA) is 89.2 Å². The molecule has 0 saturated carbocycles. The number of nitrogens with zero attached hydrogens (tertiary/aromatic N) is 3. The van der Waals surface area contributed by atoms with Crippen molar-refractivity contribution in [1.82, 2.24) is 14.9 Å². The fourth-order valence-corrected chi connectivity index (χ4v) is 3.03. The summed E-state index contributed by atoms with van der Waals surface area (Å²) in [4.78, 5) is 34.5. The Bertz CT molecular complexity index is 753. The van der Waals surface area contributed by atoms with Crippen LogP contribution in [0, 0.1) is 5.82 Å². The summed E-state index contributed by atoms with van der Waals surface area (Å²) in [5.41, 5.74) is 4.77. The van der Waals surface area contributed by atoms with Gasteiger partial charge in [0, 0.05) is 24.5 Å². The van der Waals surface area contributed by atoms with Gasteiger partial charge in [0.25, 0.3) is 5.91 Å². The van der Waals surface area contributed by atoms with E-state index in [1.54, 1.807) is 0 Å². The van der Waals surface area contributed by atoms with E-state index in [1.807, 2.05) is 0 Å². The van der Waals surface area contributed by atoms with Gasteiger partial charge in [-0.15, -0.1) is 0 Å². The Labute approximate surface area is 132 Å². The highest BCUT2D eigenvalue weighted by atomic mass is 19.1. The zero-order chi connectivity index (χ0) is 16.4. The Balaban J connectivity index is 2.07. The molecule has 1 atom stereocenters. The van der Waals surface area contributed by atoms with Crippen LogP contribution in [-0.4, -0.2) is 33.2 Å². The summed E-state index contributed by atoms with van der Waals surface area (Å²) < 4.78 is 13.4. The number of rotatable bonds is 3. The SMILES string of the molecule is NC(=O)[C@@]1(c2cnccn2)CCCN1C(=O)c1cccc(F)c1. The maximum Gasteiger partial charge on any atom is 0.255 e. The van der Waals surface area contributed by atoms with Crippen molar-refractivity contribution in [2.75, 3.05) is 6.54 Å². The first kappa shape index (κ1) is 15.1. The van der Waals surface area contributed by atoms with Crippen LogP contribution in [0.4, 0.5) is 4.39 Å². The third-order valence-electron chi connectivity index (χ3n) is 4.09. The molecule has 6 nitrogen and oxygen atoms in total. The number of carbonyl (C=O) groups excluding carboxylic acids is 2. The number of benzene rings is 1. The lowest BCUT2D eigenvalue weighted by molar-refractivity contribution is -0.128. The molecule has 1 aromatic heterocycles. The van der Waals surface area contributed by atoms with E-state index in [9.17, 15) is 14.0 Å². The fourth-order valence-electron chi connectivity index (χ4n) is 3.03. The average Bonchev–Trinajstić information content (AvgIpc) is 3.01. The minimum atomic E-state index is -1.35. The molecule has 3 rings (SSSR count). The second kappa shape index (κ2) is 5.75. The lowest BCUT2D eigenvalue weighted by Crippen LogP contribution is -2.54. The van der Waals surface area contributed by atoms with Gasteiger partial charge in [-0.3, -0.25) is 19.6 Å². The van der Waals surface area contributed by atoms with E-state index >= 15 is 0 Å². The molecule has 0 spiro atoms. The lowest BCUT2D eigenvalue weighted by atomic mass is 9.90. The third kappa shape index (κ3) is 2.44. The molecule has 2 aromatic rings. The molecule has 1 saturated heterocycles. The molecule has 1 fully saturated rings. The van der Waals surface area contributed by atoms with Crippen LogP contribution >= 0.6 is 0 Å². The van der Waals surface area contributed by atoms with E-state index in [-0.39, 0.29) is 5.56 Å². The molecule has 2 N–H and O–H groups in total. The fraction of sp³-hybridized carbons (Fsp3) is 0.250. The number of amides is 2. The van der Waals surface area contributed by atoms with Crippen LogP contribution in [0.3, 0.4) is 0 Å². The summed E-state index contributed by atoms with van der Waals surface area (Å²) in [5.74, 6) is -1.63. The first-order chi connectivity index (χ1) is 11.1. The van der Waals surface area contributed by atoms with Gasteiger partial charge >= 0.3 is 0 Å². The first-order valence-electron chi connectivity index (χ1n) is 7.19. The highest BCUT2D eigenvalue weighted by Gasteiger charge is 2.51. The number of hydrogen-bond acceptors (Lipinski definition) is 4. The summed E-state index contributed by atoms with van der Waals surface area (Å²) in [6.07, 6.45) is 5.32. The zero-order valence-corrected chi connectivity index (χ0v) is 12.3. The van der Waals surface area contributed by atoms with Crippen molar-refractivity contribution in [2.45, 2.75) is 18.4 Å². The number of hydrogen-bond donors (Lipinski definition) is 1. The van der Waals surface area contributed by atoms with Crippen molar-refractivity contribution in [3.63, 3.8) is 0 Å². The molecule has 0 unspecified atom stereocenters. The Hall–Kier alpha value is -2.83. The Morgan fingerprint density at radius 2 is 2.13 bits per heavy atom. The second-order valence-electron chi connectivity index (χ2n) is 5.39. The van der Waals surface area contributed by atoms with Crippen LogP contribution in [0.1, 0.15) is 28.9 Å². The van der Waals surface area contributed by atoms with Gasteiger partial charge in [-0.05, 0) is 31.0 Å². The van der Waals surface area contributed by atoms with Gasteiger partial charge in [-0.1, -0.05) is 6.07 Å². The van der Waals surface area contributed by atoms with Gasteiger partial charge in [0.15, 0.2) is 5.54 Å². The van der Waals surface area contributed by atoms with Crippen LogP contribution in [0.25, 0.3) is 0 Å². The number of nitrogens with two attached hydrogens (primary N) is 1. The van der Waals surface area contributed by atoms with Crippen molar-refractivity contribution >= 4 is 11.8 Å². The van der Waals surface area contributed by atoms with Gasteiger partial charge in [0.05, 0.1) is 11.9 Å². The minimum Gasteiger partial charge on any atom is -0.367 e. The molecule has 1 aromatic carbocycles. The molecule has 7 heteroatoms. The van der Waals surface area contributed by atoms with Crippen molar-refractivity contribution < 1.29 is 14.0 Å². The van der Waals surface area contributed by atoms with Crippen molar-refractivity contribution in [3.8, 4) is 0 Å². The molecule has 1 aliphatic heterocycles.